The van der Waals surface area contributed by atoms with Gasteiger partial charge in [-0.3, -0.25) is 0 Å². The molecule has 0 aliphatic heterocycles. The number of nitrogens with one attached hydrogen (secondary N) is 1. The summed E-state index contributed by atoms with van der Waals surface area (Å²) in [5.41, 5.74) is 7.52. The summed E-state index contributed by atoms with van der Waals surface area (Å²) < 4.78 is 0. The highest BCUT2D eigenvalue weighted by atomic mass is 15.2. The molecule has 2 rings (SSSR count). The van der Waals surface area contributed by atoms with Gasteiger partial charge in [0.1, 0.15) is 17.8 Å². The quantitative estimate of drug-likeness (QED) is 0.793. The zero-order valence-electron chi connectivity index (χ0n) is 13.4. The van der Waals surface area contributed by atoms with E-state index < -0.39 is 0 Å². The highest BCUT2D eigenvalue weighted by Crippen LogP contribution is 2.28. The number of anilines is 4. The van der Waals surface area contributed by atoms with Gasteiger partial charge in [0.25, 0.3) is 0 Å². The van der Waals surface area contributed by atoms with Crippen LogP contribution in [-0.4, -0.2) is 28.0 Å². The molecule has 0 fully saturated rings. The number of hydrogen-bond donors (Lipinski definition) is 2. The monoisotopic (exact) mass is 322 g/mol. The summed E-state index contributed by atoms with van der Waals surface area (Å²) in [7, 11) is 0. The summed E-state index contributed by atoms with van der Waals surface area (Å²) in [6, 6.07) is 7.96. The van der Waals surface area contributed by atoms with Gasteiger partial charge in [-0.15, -0.1) is 0 Å². The van der Waals surface area contributed by atoms with Gasteiger partial charge in [-0.25, -0.2) is 15.0 Å². The molecule has 8 nitrogen and oxygen atoms in total. The Hall–Kier alpha value is -3.39. The van der Waals surface area contributed by atoms with Crippen molar-refractivity contribution < 1.29 is 0 Å². The van der Waals surface area contributed by atoms with E-state index in [4.69, 9.17) is 16.3 Å². The number of nitriles is 2. The van der Waals surface area contributed by atoms with Crippen molar-refractivity contribution in [2.24, 2.45) is 0 Å². The lowest BCUT2D eigenvalue weighted by Crippen LogP contribution is -2.27. The molecule has 2 heterocycles. The molecule has 0 unspecified atom stereocenters. The average Bonchev–Trinajstić information content (AvgIpc) is 2.59. The van der Waals surface area contributed by atoms with E-state index in [1.807, 2.05) is 24.0 Å². The first-order chi connectivity index (χ1) is 11.7. The molecular weight excluding hydrogens is 304 g/mol. The van der Waals surface area contributed by atoms with E-state index in [0.29, 0.717) is 49.1 Å². The lowest BCUT2D eigenvalue weighted by atomic mass is 10.3. The van der Waals surface area contributed by atoms with E-state index >= 15 is 0 Å². The molecule has 8 heteroatoms. The lowest BCUT2D eigenvalue weighted by Gasteiger charge is -2.23. The van der Waals surface area contributed by atoms with Crippen molar-refractivity contribution in [1.29, 1.82) is 10.5 Å². The first-order valence-electron chi connectivity index (χ1n) is 7.45. The Labute approximate surface area is 140 Å². The number of nitrogens with two attached hydrogens (primary N) is 1. The van der Waals surface area contributed by atoms with Crippen LogP contribution in [-0.2, 0) is 0 Å². The summed E-state index contributed by atoms with van der Waals surface area (Å²) in [4.78, 5) is 14.5. The van der Waals surface area contributed by atoms with Crippen LogP contribution in [0.15, 0.2) is 24.7 Å². The minimum Gasteiger partial charge on any atom is -0.393 e. The molecular formula is C16H18N8. The van der Waals surface area contributed by atoms with Crippen LogP contribution in [0, 0.1) is 29.6 Å². The number of aryl methyl sites for hydroxylation is 1. The number of pyridine rings is 1. The Morgan fingerprint density at radius 2 is 1.83 bits per heavy atom. The smallest absolute Gasteiger partial charge is 0.160 e. The van der Waals surface area contributed by atoms with E-state index in [1.54, 1.807) is 6.20 Å². The van der Waals surface area contributed by atoms with Gasteiger partial charge < -0.3 is 16.0 Å². The topological polar surface area (TPSA) is 128 Å². The van der Waals surface area contributed by atoms with E-state index in [0.717, 1.165) is 5.56 Å². The first-order valence-corrected chi connectivity index (χ1v) is 7.45. The molecule has 24 heavy (non-hydrogen) atoms. The van der Waals surface area contributed by atoms with Gasteiger partial charge in [-0.2, -0.15) is 10.5 Å². The Morgan fingerprint density at radius 3 is 2.46 bits per heavy atom. The third-order valence-electron chi connectivity index (χ3n) is 3.40. The molecule has 122 valence electrons. The number of rotatable bonds is 7. The van der Waals surface area contributed by atoms with E-state index in [2.05, 4.69) is 32.4 Å². The Morgan fingerprint density at radius 1 is 1.12 bits per heavy atom. The Kier molecular flexibility index (Phi) is 5.87. The van der Waals surface area contributed by atoms with E-state index in [-0.39, 0.29) is 0 Å². The summed E-state index contributed by atoms with van der Waals surface area (Å²) in [5.74, 6) is 1.61. The van der Waals surface area contributed by atoms with Crippen LogP contribution in [0.1, 0.15) is 18.4 Å². The fourth-order valence-electron chi connectivity index (χ4n) is 2.16. The van der Waals surface area contributed by atoms with Crippen molar-refractivity contribution in [2.45, 2.75) is 19.8 Å². The molecule has 0 atom stereocenters. The van der Waals surface area contributed by atoms with Gasteiger partial charge in [0, 0.05) is 19.3 Å². The second kappa shape index (κ2) is 8.30. The lowest BCUT2D eigenvalue weighted by molar-refractivity contribution is 0.782. The molecule has 2 aromatic rings. The largest absolute Gasteiger partial charge is 0.393 e. The molecule has 0 aromatic carbocycles. The molecule has 0 spiro atoms. The molecule has 0 bridgehead atoms. The highest BCUT2D eigenvalue weighted by molar-refractivity contribution is 5.78. The summed E-state index contributed by atoms with van der Waals surface area (Å²) in [5, 5.41) is 20.7. The van der Waals surface area contributed by atoms with Gasteiger partial charge in [0.15, 0.2) is 11.6 Å². The predicted molar refractivity (Wildman–Crippen MR) is 91.4 cm³/mol. The standard InChI is InChI=1S/C16H18N8/c1-12-5-2-8-20-14(12)23-15-13(19)16(22-11-21-15)24(9-3-6-17)10-4-7-18/h2,5,8,11H,3-4,9-10,19H2,1H3,(H,20,21,22,23). The van der Waals surface area contributed by atoms with Crippen LogP contribution in [0.25, 0.3) is 0 Å². The van der Waals surface area contributed by atoms with Gasteiger partial charge >= 0.3 is 0 Å². The maximum Gasteiger partial charge on any atom is 0.160 e. The van der Waals surface area contributed by atoms with Gasteiger partial charge in [-0.05, 0) is 18.6 Å². The van der Waals surface area contributed by atoms with Crippen molar-refractivity contribution >= 4 is 23.1 Å². The number of nitrogen functional groups attached to an aromatic ring is 1. The summed E-state index contributed by atoms with van der Waals surface area (Å²) >= 11 is 0. The normalized spacial score (nSPS) is 9.79. The van der Waals surface area contributed by atoms with Crippen molar-refractivity contribution in [3.05, 3.63) is 30.2 Å². The highest BCUT2D eigenvalue weighted by Gasteiger charge is 2.15. The molecule has 0 saturated heterocycles. The van der Waals surface area contributed by atoms with Crippen LogP contribution < -0.4 is 16.0 Å². The van der Waals surface area contributed by atoms with Crippen LogP contribution in [0.4, 0.5) is 23.1 Å². The van der Waals surface area contributed by atoms with E-state index in [1.165, 1.54) is 6.33 Å². The first kappa shape index (κ1) is 17.0. The van der Waals surface area contributed by atoms with Gasteiger partial charge in [0.05, 0.1) is 25.0 Å². The van der Waals surface area contributed by atoms with Gasteiger partial charge in [0.2, 0.25) is 0 Å². The molecule has 0 amide bonds. The fourth-order valence-corrected chi connectivity index (χ4v) is 2.16. The SMILES string of the molecule is Cc1cccnc1Nc1ncnc(N(CCC#N)CCC#N)c1N. The maximum absolute atomic E-state index is 8.81. The molecule has 0 aliphatic carbocycles. The van der Waals surface area contributed by atoms with E-state index in [9.17, 15) is 0 Å². The Bertz CT molecular complexity index is 756. The zero-order chi connectivity index (χ0) is 17.4. The second-order valence-corrected chi connectivity index (χ2v) is 5.06. The average molecular weight is 322 g/mol. The second-order valence-electron chi connectivity index (χ2n) is 5.06. The molecule has 0 radical (unpaired) electrons. The van der Waals surface area contributed by atoms with Crippen LogP contribution in [0.5, 0.6) is 0 Å². The van der Waals surface area contributed by atoms with Crippen LogP contribution in [0.2, 0.25) is 0 Å². The van der Waals surface area contributed by atoms with Crippen molar-refractivity contribution in [2.75, 3.05) is 29.0 Å². The van der Waals surface area contributed by atoms with Crippen molar-refractivity contribution in [1.82, 2.24) is 15.0 Å². The fraction of sp³-hybridized carbons (Fsp3) is 0.312. The third kappa shape index (κ3) is 4.08. The van der Waals surface area contributed by atoms with Crippen LogP contribution >= 0.6 is 0 Å². The summed E-state index contributed by atoms with van der Waals surface area (Å²) in [6.07, 6.45) is 3.71. The van der Waals surface area contributed by atoms with Crippen molar-refractivity contribution in [3.8, 4) is 12.1 Å². The Balaban J connectivity index is 2.30. The molecule has 0 saturated carbocycles. The van der Waals surface area contributed by atoms with Crippen molar-refractivity contribution in [3.63, 3.8) is 0 Å². The third-order valence-corrected chi connectivity index (χ3v) is 3.40. The molecule has 2 aromatic heterocycles. The number of hydrogen-bond acceptors (Lipinski definition) is 8. The summed E-state index contributed by atoms with van der Waals surface area (Å²) in [6.45, 7) is 2.82. The van der Waals surface area contributed by atoms with Crippen LogP contribution in [0.3, 0.4) is 0 Å². The molecule has 3 N–H and O–H groups in total. The number of nitrogens with zero attached hydrogens (tertiary/aromatic N) is 6. The minimum absolute atomic E-state index is 0.316. The predicted octanol–water partition coefficient (Wildman–Crippen LogP) is 2.14. The van der Waals surface area contributed by atoms with Gasteiger partial charge in [-0.1, -0.05) is 6.07 Å². The molecule has 0 aliphatic rings. The zero-order valence-corrected chi connectivity index (χ0v) is 13.4. The maximum atomic E-state index is 8.81. The number of aromatic nitrogens is 3. The minimum atomic E-state index is 0.316.